The zero-order valence-electron chi connectivity index (χ0n) is 15.0. The van der Waals surface area contributed by atoms with Crippen LogP contribution in [0.15, 0.2) is 12.3 Å². The predicted octanol–water partition coefficient (Wildman–Crippen LogP) is 3.79. The number of unbranched alkanes of at least 4 members (excludes halogenated alkanes) is 1. The number of rotatable bonds is 9. The Labute approximate surface area is 153 Å². The largest absolute Gasteiger partial charge is 0.489 e. The van der Waals surface area contributed by atoms with Gasteiger partial charge in [0.25, 0.3) is 0 Å². The minimum Gasteiger partial charge on any atom is -0.489 e. The first-order valence-corrected chi connectivity index (χ1v) is 9.03. The lowest BCUT2D eigenvalue weighted by molar-refractivity contribution is -0.214. The third-order valence-corrected chi connectivity index (χ3v) is 3.86. The number of pyridine rings is 1. The molecule has 0 saturated carbocycles. The normalized spacial score (nSPS) is 20.5. The molecule has 7 heteroatoms. The number of carbonyl (C=O) groups is 1. The number of carbonyl (C=O) groups excluding carboxylic acids is 1. The molecular formula is C18H26ClNO5. The molecule has 1 saturated heterocycles. The topological polar surface area (TPSA) is 66.9 Å². The summed E-state index contributed by atoms with van der Waals surface area (Å²) in [6.07, 6.45) is 4.30. The van der Waals surface area contributed by atoms with Crippen LogP contribution in [0.4, 0.5) is 0 Å². The number of ether oxygens (including phenoxy) is 4. The molecule has 140 valence electrons. The Morgan fingerprint density at radius 3 is 2.68 bits per heavy atom. The smallest absolute Gasteiger partial charge is 0.233 e. The number of halogens is 1. The minimum atomic E-state index is -0.254. The molecule has 0 spiro atoms. The summed E-state index contributed by atoms with van der Waals surface area (Å²) < 4.78 is 22.6. The molecule has 0 amide bonds. The molecule has 1 aromatic heterocycles. The van der Waals surface area contributed by atoms with E-state index in [4.69, 9.17) is 30.5 Å². The van der Waals surface area contributed by atoms with Gasteiger partial charge in [-0.2, -0.15) is 0 Å². The quantitative estimate of drug-likeness (QED) is 0.615. The number of hydrogen-bond acceptors (Lipinski definition) is 6. The van der Waals surface area contributed by atoms with Gasteiger partial charge in [-0.15, -0.1) is 0 Å². The average Bonchev–Trinajstić information content (AvgIpc) is 2.55. The van der Waals surface area contributed by atoms with Gasteiger partial charge in [0.05, 0.1) is 25.5 Å². The third kappa shape index (κ3) is 7.18. The molecule has 0 unspecified atom stereocenters. The Balaban J connectivity index is 1.73. The van der Waals surface area contributed by atoms with Crippen molar-refractivity contribution in [1.82, 2.24) is 4.98 Å². The van der Waals surface area contributed by atoms with E-state index in [2.05, 4.69) is 4.98 Å². The Morgan fingerprint density at radius 2 is 2.08 bits per heavy atom. The van der Waals surface area contributed by atoms with E-state index in [1.165, 1.54) is 0 Å². The minimum absolute atomic E-state index is 0.0529. The van der Waals surface area contributed by atoms with Crippen molar-refractivity contribution in [1.29, 1.82) is 0 Å². The average molecular weight is 372 g/mol. The van der Waals surface area contributed by atoms with Gasteiger partial charge < -0.3 is 23.7 Å². The van der Waals surface area contributed by atoms with Gasteiger partial charge in [0.1, 0.15) is 22.7 Å². The maximum atomic E-state index is 10.9. The number of hydrogen-bond donors (Lipinski definition) is 0. The van der Waals surface area contributed by atoms with Crippen molar-refractivity contribution in [2.75, 3.05) is 13.2 Å². The van der Waals surface area contributed by atoms with Crippen LogP contribution in [-0.4, -0.2) is 42.5 Å². The van der Waals surface area contributed by atoms with E-state index in [0.29, 0.717) is 36.3 Å². The van der Waals surface area contributed by atoms with Crippen LogP contribution in [0.5, 0.6) is 11.6 Å². The first-order chi connectivity index (χ1) is 11.9. The molecule has 1 aromatic rings. The fourth-order valence-electron chi connectivity index (χ4n) is 2.43. The van der Waals surface area contributed by atoms with Gasteiger partial charge in [-0.1, -0.05) is 11.6 Å². The van der Waals surface area contributed by atoms with Gasteiger partial charge in [-0.05, 0) is 40.0 Å². The third-order valence-electron chi connectivity index (χ3n) is 3.59. The molecule has 1 fully saturated rings. The van der Waals surface area contributed by atoms with E-state index in [-0.39, 0.29) is 24.3 Å². The molecule has 2 heterocycles. The number of aromatic nitrogens is 1. The Kier molecular flexibility index (Phi) is 7.93. The van der Waals surface area contributed by atoms with Crippen molar-refractivity contribution in [2.24, 2.45) is 0 Å². The van der Waals surface area contributed by atoms with Crippen LogP contribution in [-0.2, 0) is 14.3 Å². The lowest BCUT2D eigenvalue weighted by Crippen LogP contribution is -2.39. The molecule has 0 atom stereocenters. The SMILES string of the molecule is CC(=O)CCCCC1OCC(Oc2ncc(OC(C)C)cc2Cl)CO1. The van der Waals surface area contributed by atoms with Crippen molar-refractivity contribution in [3.05, 3.63) is 17.3 Å². The molecule has 2 rings (SSSR count). The number of Topliss-reactive ketones (excluding diaryl/α,β-unsaturated/α-hetero) is 1. The van der Waals surface area contributed by atoms with Crippen LogP contribution in [0.2, 0.25) is 5.02 Å². The van der Waals surface area contributed by atoms with Crippen LogP contribution in [0.3, 0.4) is 0 Å². The van der Waals surface area contributed by atoms with Crippen molar-refractivity contribution in [3.63, 3.8) is 0 Å². The molecule has 6 nitrogen and oxygen atoms in total. The second-order valence-corrected chi connectivity index (χ2v) is 6.82. The highest BCUT2D eigenvalue weighted by Crippen LogP contribution is 2.28. The molecule has 1 aliphatic heterocycles. The summed E-state index contributed by atoms with van der Waals surface area (Å²) in [6, 6.07) is 1.69. The summed E-state index contributed by atoms with van der Waals surface area (Å²) in [4.78, 5) is 15.1. The highest BCUT2D eigenvalue weighted by atomic mass is 35.5. The van der Waals surface area contributed by atoms with Crippen LogP contribution in [0, 0.1) is 0 Å². The molecule has 0 bridgehead atoms. The van der Waals surface area contributed by atoms with Gasteiger partial charge in [0.2, 0.25) is 5.88 Å². The zero-order valence-corrected chi connectivity index (χ0v) is 15.8. The van der Waals surface area contributed by atoms with Crippen LogP contribution in [0.1, 0.15) is 46.5 Å². The van der Waals surface area contributed by atoms with Crippen LogP contribution < -0.4 is 9.47 Å². The summed E-state index contributed by atoms with van der Waals surface area (Å²) in [5, 5.41) is 0.393. The highest BCUT2D eigenvalue weighted by molar-refractivity contribution is 6.31. The van der Waals surface area contributed by atoms with Crippen molar-refractivity contribution in [3.8, 4) is 11.6 Å². The van der Waals surface area contributed by atoms with Crippen molar-refractivity contribution >= 4 is 17.4 Å². The maximum Gasteiger partial charge on any atom is 0.233 e. The van der Waals surface area contributed by atoms with E-state index >= 15 is 0 Å². The van der Waals surface area contributed by atoms with Gasteiger partial charge in [-0.3, -0.25) is 0 Å². The van der Waals surface area contributed by atoms with E-state index in [1.54, 1.807) is 19.2 Å². The molecule has 0 radical (unpaired) electrons. The standard InChI is InChI=1S/C18H26ClNO5/c1-12(2)24-14-8-16(19)18(20-9-14)25-15-10-22-17(23-11-15)7-5-4-6-13(3)21/h8-9,12,15,17H,4-7,10-11H2,1-3H3. The number of nitrogens with zero attached hydrogens (tertiary/aromatic N) is 1. The summed E-state index contributed by atoms with van der Waals surface area (Å²) in [5.74, 6) is 1.16. The fraction of sp³-hybridized carbons (Fsp3) is 0.667. The predicted molar refractivity (Wildman–Crippen MR) is 94.3 cm³/mol. The lowest BCUT2D eigenvalue weighted by Gasteiger charge is -2.29. The van der Waals surface area contributed by atoms with Crippen molar-refractivity contribution in [2.45, 2.75) is 65.0 Å². The van der Waals surface area contributed by atoms with Crippen LogP contribution >= 0.6 is 11.6 Å². The second kappa shape index (κ2) is 9.94. The first-order valence-electron chi connectivity index (χ1n) is 8.65. The van der Waals surface area contributed by atoms with Gasteiger partial charge in [0.15, 0.2) is 6.29 Å². The van der Waals surface area contributed by atoms with Gasteiger partial charge >= 0.3 is 0 Å². The van der Waals surface area contributed by atoms with Crippen LogP contribution in [0.25, 0.3) is 0 Å². The molecule has 0 N–H and O–H groups in total. The summed E-state index contributed by atoms with van der Waals surface area (Å²) >= 11 is 6.19. The molecule has 25 heavy (non-hydrogen) atoms. The fourth-order valence-corrected chi connectivity index (χ4v) is 2.64. The zero-order chi connectivity index (χ0) is 18.2. The summed E-state index contributed by atoms with van der Waals surface area (Å²) in [7, 11) is 0. The Bertz CT molecular complexity index is 558. The highest BCUT2D eigenvalue weighted by Gasteiger charge is 2.24. The Hall–Kier alpha value is -1.37. The maximum absolute atomic E-state index is 10.9. The van der Waals surface area contributed by atoms with E-state index in [9.17, 15) is 4.79 Å². The van der Waals surface area contributed by atoms with Gasteiger partial charge in [0, 0.05) is 12.5 Å². The molecule has 0 aromatic carbocycles. The van der Waals surface area contributed by atoms with E-state index in [1.807, 2.05) is 13.8 Å². The number of ketones is 1. The summed E-state index contributed by atoms with van der Waals surface area (Å²) in [5.41, 5.74) is 0. The molecular weight excluding hydrogens is 346 g/mol. The Morgan fingerprint density at radius 1 is 1.36 bits per heavy atom. The lowest BCUT2D eigenvalue weighted by atomic mass is 10.1. The monoisotopic (exact) mass is 371 g/mol. The second-order valence-electron chi connectivity index (χ2n) is 6.41. The van der Waals surface area contributed by atoms with Gasteiger partial charge in [-0.25, -0.2) is 4.98 Å². The van der Waals surface area contributed by atoms with Crippen molar-refractivity contribution < 1.29 is 23.7 Å². The summed E-state index contributed by atoms with van der Waals surface area (Å²) in [6.45, 7) is 6.31. The molecule has 0 aliphatic carbocycles. The van der Waals surface area contributed by atoms with E-state index in [0.717, 1.165) is 19.3 Å². The first kappa shape index (κ1) is 19.9. The molecule has 1 aliphatic rings. The van der Waals surface area contributed by atoms with E-state index < -0.39 is 0 Å².